The van der Waals surface area contributed by atoms with Gasteiger partial charge in [-0.1, -0.05) is 224 Å². The van der Waals surface area contributed by atoms with Gasteiger partial charge in [0.2, 0.25) is 0 Å². The highest BCUT2D eigenvalue weighted by molar-refractivity contribution is 7.47. The van der Waals surface area contributed by atoms with Gasteiger partial charge >= 0.3 is 13.8 Å². The van der Waals surface area contributed by atoms with Crippen LogP contribution >= 0.6 is 7.82 Å². The van der Waals surface area contributed by atoms with Crippen LogP contribution in [-0.2, 0) is 27.9 Å². The molecule has 0 rings (SSSR count). The first-order valence-corrected chi connectivity index (χ1v) is 27.5. The van der Waals surface area contributed by atoms with Crippen LogP contribution < -0.4 is 0 Å². The van der Waals surface area contributed by atoms with Crippen LogP contribution in [0.3, 0.4) is 0 Å². The van der Waals surface area contributed by atoms with Gasteiger partial charge < -0.3 is 24.6 Å². The van der Waals surface area contributed by atoms with Gasteiger partial charge in [-0.2, -0.15) is 0 Å². The summed E-state index contributed by atoms with van der Waals surface area (Å²) in [4.78, 5) is 22.7. The first-order chi connectivity index (χ1) is 30.3. The van der Waals surface area contributed by atoms with E-state index in [1.807, 2.05) is 0 Å². The van der Waals surface area contributed by atoms with E-state index < -0.39 is 33.2 Å². The highest BCUT2D eigenvalue weighted by atomic mass is 31.2. The van der Waals surface area contributed by atoms with E-state index in [1.165, 1.54) is 167 Å². The van der Waals surface area contributed by atoms with Gasteiger partial charge in [0.1, 0.15) is 12.2 Å². The molecule has 366 valence electrons. The van der Waals surface area contributed by atoms with Crippen molar-refractivity contribution in [3.63, 3.8) is 0 Å². The fourth-order valence-corrected chi connectivity index (χ4v) is 8.15. The van der Waals surface area contributed by atoms with Gasteiger partial charge in [-0.3, -0.25) is 13.8 Å². The number of rotatable bonds is 50. The molecule has 0 fully saturated rings. The average molecular weight is 899 g/mol. The first kappa shape index (κ1) is 60.7. The molecule has 0 aromatic rings. The maximum Gasteiger partial charge on any atom is 0.472 e. The van der Waals surface area contributed by atoms with Crippen molar-refractivity contribution in [1.82, 2.24) is 0 Å². The molecule has 0 spiro atoms. The molecular formula is C52H99O9P. The van der Waals surface area contributed by atoms with E-state index in [-0.39, 0.29) is 25.6 Å². The van der Waals surface area contributed by atoms with Crippen LogP contribution in [0.15, 0.2) is 36.5 Å². The van der Waals surface area contributed by atoms with Gasteiger partial charge in [-0.05, 0) is 51.4 Å². The van der Waals surface area contributed by atoms with Crippen molar-refractivity contribution in [2.45, 2.75) is 257 Å². The Morgan fingerprint density at radius 3 is 1.31 bits per heavy atom. The molecule has 0 saturated carbocycles. The van der Waals surface area contributed by atoms with Crippen molar-refractivity contribution in [3.8, 4) is 0 Å². The minimum Gasteiger partial charge on any atom is -0.457 e. The van der Waals surface area contributed by atoms with Crippen molar-refractivity contribution in [2.75, 3.05) is 33.0 Å². The minimum atomic E-state index is -4.52. The second-order valence-electron chi connectivity index (χ2n) is 17.5. The highest BCUT2D eigenvalue weighted by Crippen LogP contribution is 2.43. The summed E-state index contributed by atoms with van der Waals surface area (Å²) in [5.74, 6) is -0.382. The number of aliphatic hydroxyl groups is 2. The van der Waals surface area contributed by atoms with Crippen LogP contribution in [0.4, 0.5) is 0 Å². The lowest BCUT2D eigenvalue weighted by Gasteiger charge is -2.20. The molecule has 0 aromatic carbocycles. The molecule has 3 unspecified atom stereocenters. The lowest BCUT2D eigenvalue weighted by Crippen LogP contribution is -2.29. The fourth-order valence-electron chi connectivity index (χ4n) is 7.36. The molecule has 0 radical (unpaired) electrons. The lowest BCUT2D eigenvalue weighted by atomic mass is 10.0. The maximum atomic E-state index is 12.7. The quantitative estimate of drug-likeness (QED) is 0.0236. The smallest absolute Gasteiger partial charge is 0.457 e. The molecule has 0 aliphatic rings. The van der Waals surface area contributed by atoms with Crippen molar-refractivity contribution in [2.24, 2.45) is 0 Å². The monoisotopic (exact) mass is 899 g/mol. The van der Waals surface area contributed by atoms with E-state index in [1.54, 1.807) is 0 Å². The zero-order chi connectivity index (χ0) is 45.3. The summed E-state index contributed by atoms with van der Waals surface area (Å²) >= 11 is 0. The SMILES string of the molecule is CCCCCCC/C=C\C/C=C\C/C=C\CCCCCCCCCOCC(COP(=O)(O)OCC(O)CO)OC(=O)CCCCCCCCCCCCCCCCCCCCC. The number of hydrogen-bond acceptors (Lipinski definition) is 8. The molecule has 0 aromatic heterocycles. The Hall–Kier alpha value is -1.32. The van der Waals surface area contributed by atoms with E-state index in [9.17, 15) is 19.4 Å². The molecule has 3 N–H and O–H groups in total. The third-order valence-corrected chi connectivity index (χ3v) is 12.3. The fraction of sp³-hybridized carbons (Fsp3) is 0.865. The Bertz CT molecular complexity index is 1060. The van der Waals surface area contributed by atoms with Gasteiger partial charge in [0.05, 0.1) is 26.4 Å². The zero-order valence-corrected chi connectivity index (χ0v) is 41.2. The molecule has 3 atom stereocenters. The Morgan fingerprint density at radius 1 is 0.500 bits per heavy atom. The summed E-state index contributed by atoms with van der Waals surface area (Å²) in [6.07, 6.45) is 55.4. The third-order valence-electron chi connectivity index (χ3n) is 11.3. The van der Waals surface area contributed by atoms with Crippen LogP contribution in [0.25, 0.3) is 0 Å². The zero-order valence-electron chi connectivity index (χ0n) is 40.3. The van der Waals surface area contributed by atoms with Crippen LogP contribution in [0, 0.1) is 0 Å². The summed E-state index contributed by atoms with van der Waals surface area (Å²) < 4.78 is 33.5. The van der Waals surface area contributed by atoms with Crippen LogP contribution in [0.1, 0.15) is 245 Å². The molecular weight excluding hydrogens is 800 g/mol. The number of hydrogen-bond donors (Lipinski definition) is 3. The van der Waals surface area contributed by atoms with Gasteiger partial charge in [0.15, 0.2) is 0 Å². The van der Waals surface area contributed by atoms with Crippen LogP contribution in [0.2, 0.25) is 0 Å². The number of phosphoric acid groups is 1. The van der Waals surface area contributed by atoms with E-state index in [0.29, 0.717) is 6.61 Å². The number of phosphoric ester groups is 1. The average Bonchev–Trinajstić information content (AvgIpc) is 3.26. The number of aliphatic hydroxyl groups excluding tert-OH is 2. The molecule has 10 heteroatoms. The Morgan fingerprint density at radius 2 is 0.871 bits per heavy atom. The summed E-state index contributed by atoms with van der Waals surface area (Å²) in [5.41, 5.74) is 0. The van der Waals surface area contributed by atoms with Crippen molar-refractivity contribution in [3.05, 3.63) is 36.5 Å². The highest BCUT2D eigenvalue weighted by Gasteiger charge is 2.26. The second-order valence-corrected chi connectivity index (χ2v) is 19.0. The number of ether oxygens (including phenoxy) is 2. The molecule has 0 heterocycles. The summed E-state index contributed by atoms with van der Waals surface area (Å²) in [6.45, 7) is 3.53. The summed E-state index contributed by atoms with van der Waals surface area (Å²) in [6, 6.07) is 0. The van der Waals surface area contributed by atoms with Gasteiger partial charge in [-0.25, -0.2) is 4.57 Å². The largest absolute Gasteiger partial charge is 0.472 e. The van der Waals surface area contributed by atoms with E-state index in [0.717, 1.165) is 57.8 Å². The molecule has 0 saturated heterocycles. The lowest BCUT2D eigenvalue weighted by molar-refractivity contribution is -0.154. The summed E-state index contributed by atoms with van der Waals surface area (Å²) in [7, 11) is -4.52. The van der Waals surface area contributed by atoms with E-state index in [4.69, 9.17) is 23.6 Å². The van der Waals surface area contributed by atoms with Gasteiger partial charge in [0, 0.05) is 13.0 Å². The van der Waals surface area contributed by atoms with Gasteiger partial charge in [0.25, 0.3) is 0 Å². The van der Waals surface area contributed by atoms with Crippen molar-refractivity contribution < 1.29 is 43.0 Å². The number of carbonyl (C=O) groups is 1. The summed E-state index contributed by atoms with van der Waals surface area (Å²) in [5, 5.41) is 18.4. The molecule has 62 heavy (non-hydrogen) atoms. The van der Waals surface area contributed by atoms with E-state index >= 15 is 0 Å². The number of allylic oxidation sites excluding steroid dienone is 6. The standard InChI is InChI=1S/C52H99O9P/c1-3-5-7-9-11-13-15-17-19-21-23-24-25-27-29-31-33-35-37-39-41-43-45-58-48-51(49-60-62(56,57)59-47-50(54)46-53)61-52(55)44-42-40-38-36-34-32-30-28-26-22-20-18-16-14-12-10-8-6-4-2/h15,17,21,23,25,27,50-51,53-54H,3-14,16,18-20,22,24,26,28-49H2,1-2H3,(H,56,57)/b17-15-,23-21-,27-25-. The maximum absolute atomic E-state index is 12.7. The van der Waals surface area contributed by atoms with Crippen molar-refractivity contribution in [1.29, 1.82) is 0 Å². The third kappa shape index (κ3) is 48.1. The second kappa shape index (κ2) is 49.1. The van der Waals surface area contributed by atoms with E-state index in [2.05, 4.69) is 50.3 Å². The van der Waals surface area contributed by atoms with Crippen LogP contribution in [0.5, 0.6) is 0 Å². The van der Waals surface area contributed by atoms with Crippen molar-refractivity contribution >= 4 is 13.8 Å². The molecule has 9 nitrogen and oxygen atoms in total. The number of esters is 1. The van der Waals surface area contributed by atoms with Crippen LogP contribution in [-0.4, -0.2) is 66.3 Å². The molecule has 0 aliphatic heterocycles. The normalized spacial score (nSPS) is 14.1. The topological polar surface area (TPSA) is 132 Å². The minimum absolute atomic E-state index is 0.0454. The molecule has 0 bridgehead atoms. The number of unbranched alkanes of at least 4 members (excludes halogenated alkanes) is 30. The predicted molar refractivity (Wildman–Crippen MR) is 261 cm³/mol. The Kier molecular flexibility index (Phi) is 48.1. The number of carbonyl (C=O) groups excluding carboxylic acids is 1. The molecule has 0 aliphatic carbocycles. The first-order valence-electron chi connectivity index (χ1n) is 26.0. The van der Waals surface area contributed by atoms with Gasteiger partial charge in [-0.15, -0.1) is 0 Å². The predicted octanol–water partition coefficient (Wildman–Crippen LogP) is 15.2. The Balaban J connectivity index is 4.08. The molecule has 0 amide bonds. The Labute approximate surface area is 382 Å².